The van der Waals surface area contributed by atoms with Gasteiger partial charge in [0.1, 0.15) is 6.54 Å². The van der Waals surface area contributed by atoms with Crippen molar-refractivity contribution in [1.29, 1.82) is 0 Å². The molecule has 1 aliphatic heterocycles. The van der Waals surface area contributed by atoms with Crippen LogP contribution in [0.5, 0.6) is 0 Å². The summed E-state index contributed by atoms with van der Waals surface area (Å²) in [5.41, 5.74) is 2.77. The minimum Gasteiger partial charge on any atom is -0.330 e. The first kappa shape index (κ1) is 23.0. The number of hydrogen-bond acceptors (Lipinski definition) is 3. The summed E-state index contributed by atoms with van der Waals surface area (Å²) >= 11 is 1.75. The lowest BCUT2D eigenvalue weighted by Gasteiger charge is -2.40. The van der Waals surface area contributed by atoms with Crippen molar-refractivity contribution in [2.45, 2.75) is 38.8 Å². The van der Waals surface area contributed by atoms with Crippen molar-refractivity contribution in [3.63, 3.8) is 0 Å². The third-order valence-electron chi connectivity index (χ3n) is 5.99. The summed E-state index contributed by atoms with van der Waals surface area (Å²) in [5.74, 6) is -0.193. The molecule has 0 saturated heterocycles. The van der Waals surface area contributed by atoms with Crippen LogP contribution in [-0.2, 0) is 16.0 Å². The Morgan fingerprint density at radius 3 is 2.36 bits per heavy atom. The van der Waals surface area contributed by atoms with Gasteiger partial charge in [0.15, 0.2) is 0 Å². The summed E-state index contributed by atoms with van der Waals surface area (Å²) in [6, 6.07) is 21.9. The van der Waals surface area contributed by atoms with Crippen LogP contribution in [0.25, 0.3) is 6.08 Å². The van der Waals surface area contributed by atoms with Gasteiger partial charge in [0, 0.05) is 23.0 Å². The Hall–Kier alpha value is -3.18. The number of fused-ring (bicyclic) bond motifs is 1. The van der Waals surface area contributed by atoms with Gasteiger partial charge in [-0.2, -0.15) is 0 Å². The molecule has 170 valence electrons. The van der Waals surface area contributed by atoms with Crippen LogP contribution in [-0.4, -0.2) is 40.2 Å². The molecule has 0 bridgehead atoms. The maximum atomic E-state index is 13.7. The molecule has 2 aromatic carbocycles. The largest absolute Gasteiger partial charge is 0.330 e. The van der Waals surface area contributed by atoms with Crippen LogP contribution in [0, 0.1) is 0 Å². The Bertz CT molecular complexity index is 1130. The Labute approximate surface area is 200 Å². The molecule has 1 aromatic heterocycles. The number of carbonyl (C=O) groups excluding carboxylic acids is 2. The highest BCUT2D eigenvalue weighted by Crippen LogP contribution is 2.38. The maximum absolute atomic E-state index is 13.7. The number of thiophene rings is 1. The summed E-state index contributed by atoms with van der Waals surface area (Å²) in [4.78, 5) is 31.8. The second-order valence-electron chi connectivity index (χ2n) is 9.29. The number of rotatable bonds is 5. The van der Waals surface area contributed by atoms with Crippen molar-refractivity contribution < 1.29 is 9.59 Å². The van der Waals surface area contributed by atoms with E-state index < -0.39 is 5.54 Å². The van der Waals surface area contributed by atoms with Gasteiger partial charge in [0.25, 0.3) is 0 Å². The first-order valence-corrected chi connectivity index (χ1v) is 12.2. The van der Waals surface area contributed by atoms with Crippen molar-refractivity contribution >= 4 is 29.2 Å². The van der Waals surface area contributed by atoms with E-state index in [0.29, 0.717) is 6.54 Å². The van der Waals surface area contributed by atoms with Crippen molar-refractivity contribution in [2.75, 3.05) is 13.1 Å². The van der Waals surface area contributed by atoms with Gasteiger partial charge in [-0.05, 0) is 61.4 Å². The maximum Gasteiger partial charge on any atom is 0.247 e. The standard InChI is InChI=1S/C28H30N2O2S/c1-28(2,3)30(25(31)15-14-21-10-6-4-7-11-21)20-26(32)29-18-16-24-23(17-19-33-24)27(29)22-12-8-5-9-13-22/h4-15,17,19,27H,16,18,20H2,1-3H3/b15-14+. The van der Waals surface area contributed by atoms with Gasteiger partial charge in [-0.1, -0.05) is 60.7 Å². The normalized spacial score (nSPS) is 16.0. The van der Waals surface area contributed by atoms with Crippen LogP contribution in [0.2, 0.25) is 0 Å². The first-order chi connectivity index (χ1) is 15.8. The van der Waals surface area contributed by atoms with Gasteiger partial charge >= 0.3 is 0 Å². The van der Waals surface area contributed by atoms with E-state index in [1.807, 2.05) is 74.2 Å². The van der Waals surface area contributed by atoms with E-state index in [0.717, 1.165) is 17.5 Å². The van der Waals surface area contributed by atoms with Gasteiger partial charge in [-0.25, -0.2) is 0 Å². The summed E-state index contributed by atoms with van der Waals surface area (Å²) < 4.78 is 0. The van der Waals surface area contributed by atoms with Crippen LogP contribution in [0.1, 0.15) is 48.4 Å². The van der Waals surface area contributed by atoms with Gasteiger partial charge in [-0.15, -0.1) is 11.3 Å². The predicted octanol–water partition coefficient (Wildman–Crippen LogP) is 5.56. The molecule has 1 aliphatic rings. The number of nitrogens with zero attached hydrogens (tertiary/aromatic N) is 2. The van der Waals surface area contributed by atoms with E-state index in [-0.39, 0.29) is 24.4 Å². The third-order valence-corrected chi connectivity index (χ3v) is 6.99. The van der Waals surface area contributed by atoms with E-state index in [4.69, 9.17) is 0 Å². The van der Waals surface area contributed by atoms with Crippen LogP contribution >= 0.6 is 11.3 Å². The SMILES string of the molecule is CC(C)(C)N(CC(=O)N1CCc2sccc2C1c1ccccc1)C(=O)/C=C/c1ccccc1. The number of carbonyl (C=O) groups is 2. The molecule has 2 amide bonds. The molecule has 1 atom stereocenters. The molecule has 0 spiro atoms. The van der Waals surface area contributed by atoms with Gasteiger partial charge in [0.2, 0.25) is 11.8 Å². The van der Waals surface area contributed by atoms with Crippen molar-refractivity contribution in [3.05, 3.63) is 99.8 Å². The van der Waals surface area contributed by atoms with Gasteiger partial charge in [-0.3, -0.25) is 9.59 Å². The van der Waals surface area contributed by atoms with Gasteiger partial charge < -0.3 is 9.80 Å². The van der Waals surface area contributed by atoms with Crippen LogP contribution in [0.15, 0.2) is 78.2 Å². The third kappa shape index (κ3) is 5.25. The number of benzene rings is 2. The molecule has 33 heavy (non-hydrogen) atoms. The second kappa shape index (κ2) is 9.75. The van der Waals surface area contributed by atoms with E-state index in [1.54, 1.807) is 28.4 Å². The van der Waals surface area contributed by atoms with E-state index in [9.17, 15) is 9.59 Å². The van der Waals surface area contributed by atoms with Crippen LogP contribution in [0.3, 0.4) is 0 Å². The average Bonchev–Trinajstić information content (AvgIpc) is 3.29. The molecule has 0 N–H and O–H groups in total. The summed E-state index contributed by atoms with van der Waals surface area (Å²) in [6.07, 6.45) is 4.21. The van der Waals surface area contributed by atoms with Crippen molar-refractivity contribution in [1.82, 2.24) is 9.80 Å². The number of hydrogen-bond donors (Lipinski definition) is 0. The molecule has 0 radical (unpaired) electrons. The lowest BCUT2D eigenvalue weighted by atomic mass is 9.93. The van der Waals surface area contributed by atoms with Crippen molar-refractivity contribution in [2.24, 2.45) is 0 Å². The zero-order valence-corrected chi connectivity index (χ0v) is 20.2. The molecule has 1 unspecified atom stereocenters. The topological polar surface area (TPSA) is 40.6 Å². The fourth-order valence-electron chi connectivity index (χ4n) is 4.27. The van der Waals surface area contributed by atoms with E-state index in [2.05, 4.69) is 23.6 Å². The first-order valence-electron chi connectivity index (χ1n) is 11.3. The highest BCUT2D eigenvalue weighted by molar-refractivity contribution is 7.10. The summed E-state index contributed by atoms with van der Waals surface area (Å²) in [7, 11) is 0. The molecule has 0 fully saturated rings. The Morgan fingerprint density at radius 1 is 1.03 bits per heavy atom. The van der Waals surface area contributed by atoms with Crippen LogP contribution < -0.4 is 0 Å². The zero-order valence-electron chi connectivity index (χ0n) is 19.4. The Morgan fingerprint density at radius 2 is 1.70 bits per heavy atom. The molecular weight excluding hydrogens is 428 g/mol. The fraction of sp³-hybridized carbons (Fsp3) is 0.286. The van der Waals surface area contributed by atoms with Gasteiger partial charge in [0.05, 0.1) is 6.04 Å². The molecule has 5 heteroatoms. The molecule has 0 aliphatic carbocycles. The molecular formula is C28H30N2O2S. The summed E-state index contributed by atoms with van der Waals surface area (Å²) in [5, 5.41) is 2.11. The summed E-state index contributed by atoms with van der Waals surface area (Å²) in [6.45, 7) is 6.60. The molecule has 3 aromatic rings. The predicted molar refractivity (Wildman–Crippen MR) is 135 cm³/mol. The zero-order chi connectivity index (χ0) is 23.4. The van der Waals surface area contributed by atoms with Crippen molar-refractivity contribution in [3.8, 4) is 0 Å². The molecule has 0 saturated carbocycles. The lowest BCUT2D eigenvalue weighted by Crippen LogP contribution is -2.52. The highest BCUT2D eigenvalue weighted by atomic mass is 32.1. The highest BCUT2D eigenvalue weighted by Gasteiger charge is 2.35. The van der Waals surface area contributed by atoms with E-state index in [1.165, 1.54) is 10.4 Å². The average molecular weight is 459 g/mol. The lowest BCUT2D eigenvalue weighted by molar-refractivity contribution is -0.143. The molecule has 4 rings (SSSR count). The molecule has 2 heterocycles. The smallest absolute Gasteiger partial charge is 0.247 e. The number of amides is 2. The Balaban J connectivity index is 1.58. The monoisotopic (exact) mass is 458 g/mol. The minimum atomic E-state index is -0.487. The van der Waals surface area contributed by atoms with Crippen LogP contribution in [0.4, 0.5) is 0 Å². The second-order valence-corrected chi connectivity index (χ2v) is 10.3. The molecule has 4 nitrogen and oxygen atoms in total. The Kier molecular flexibility index (Phi) is 6.80. The quantitative estimate of drug-likeness (QED) is 0.470. The minimum absolute atomic E-state index is 0.0305. The fourth-order valence-corrected chi connectivity index (χ4v) is 5.18. The van der Waals surface area contributed by atoms with E-state index >= 15 is 0 Å².